The lowest BCUT2D eigenvalue weighted by molar-refractivity contribution is -0.139. The second-order valence-corrected chi connectivity index (χ2v) is 6.83. The highest BCUT2D eigenvalue weighted by molar-refractivity contribution is 6.32. The summed E-state index contributed by atoms with van der Waals surface area (Å²) in [5.41, 5.74) is 1.47. The van der Waals surface area contributed by atoms with Crippen LogP contribution in [0.5, 0.6) is 11.5 Å². The Morgan fingerprint density at radius 3 is 2.50 bits per heavy atom. The molecule has 154 valence electrons. The van der Waals surface area contributed by atoms with Crippen molar-refractivity contribution in [2.24, 2.45) is 0 Å². The Morgan fingerprint density at radius 1 is 1.21 bits per heavy atom. The summed E-state index contributed by atoms with van der Waals surface area (Å²) in [5.74, 6) is 0.390. The topological polar surface area (TPSA) is 85.9 Å². The van der Waals surface area contributed by atoms with E-state index in [9.17, 15) is 9.59 Å². The fraction of sp³-hybridized carbons (Fsp3) is 0.500. The first kappa shape index (κ1) is 21.9. The predicted octanol–water partition coefficient (Wildman–Crippen LogP) is 4.11. The monoisotopic (exact) mass is 410 g/mol. The zero-order valence-corrected chi connectivity index (χ0v) is 17.6. The van der Waals surface area contributed by atoms with Crippen molar-refractivity contribution in [3.63, 3.8) is 0 Å². The van der Waals surface area contributed by atoms with Crippen LogP contribution in [0.1, 0.15) is 52.6 Å². The van der Waals surface area contributed by atoms with Crippen LogP contribution in [0.4, 0.5) is 4.79 Å². The number of benzene rings is 1. The van der Waals surface area contributed by atoms with Crippen molar-refractivity contribution in [3.8, 4) is 11.5 Å². The average molecular weight is 411 g/mol. The number of esters is 1. The molecule has 1 aliphatic rings. The summed E-state index contributed by atoms with van der Waals surface area (Å²) < 4.78 is 16.7. The maximum atomic E-state index is 12.6. The molecule has 0 bridgehead atoms. The molecule has 0 spiro atoms. The molecule has 1 aliphatic heterocycles. The summed E-state index contributed by atoms with van der Waals surface area (Å²) in [5, 5.41) is 5.80. The lowest BCUT2D eigenvalue weighted by Crippen LogP contribution is -2.45. The number of urea groups is 1. The van der Waals surface area contributed by atoms with E-state index in [2.05, 4.69) is 10.6 Å². The molecule has 0 fully saturated rings. The van der Waals surface area contributed by atoms with Crippen LogP contribution in [0, 0.1) is 0 Å². The van der Waals surface area contributed by atoms with Gasteiger partial charge in [-0.2, -0.15) is 0 Å². The number of ether oxygens (including phenoxy) is 3. The third-order valence-electron chi connectivity index (χ3n) is 4.02. The van der Waals surface area contributed by atoms with Gasteiger partial charge in [-0.1, -0.05) is 18.5 Å². The number of allylic oxidation sites excluding steroid dienone is 1. The maximum Gasteiger partial charge on any atom is 0.338 e. The second kappa shape index (κ2) is 9.68. The summed E-state index contributed by atoms with van der Waals surface area (Å²) in [4.78, 5) is 24.8. The van der Waals surface area contributed by atoms with Crippen molar-refractivity contribution in [2.75, 3.05) is 13.2 Å². The minimum absolute atomic E-state index is 0.0946. The first-order valence-electron chi connectivity index (χ1n) is 9.42. The van der Waals surface area contributed by atoms with E-state index in [0.717, 1.165) is 0 Å². The zero-order chi connectivity index (χ0) is 20.8. The first-order valence-corrected chi connectivity index (χ1v) is 9.80. The summed E-state index contributed by atoms with van der Waals surface area (Å²) >= 11 is 6.46. The summed E-state index contributed by atoms with van der Waals surface area (Å²) in [6.07, 6.45) is 0.376. The van der Waals surface area contributed by atoms with E-state index in [-0.39, 0.29) is 12.7 Å². The highest BCUT2D eigenvalue weighted by atomic mass is 35.5. The Balaban J connectivity index is 2.59. The smallest absolute Gasteiger partial charge is 0.338 e. The number of halogens is 1. The van der Waals surface area contributed by atoms with Crippen molar-refractivity contribution in [1.29, 1.82) is 0 Å². The van der Waals surface area contributed by atoms with Gasteiger partial charge in [0.25, 0.3) is 0 Å². The molecule has 1 aromatic rings. The molecular weight excluding hydrogens is 384 g/mol. The molecular formula is C20H27ClN2O5. The van der Waals surface area contributed by atoms with E-state index in [1.54, 1.807) is 19.1 Å². The van der Waals surface area contributed by atoms with E-state index in [1.807, 2.05) is 27.7 Å². The highest BCUT2D eigenvalue weighted by Gasteiger charge is 2.34. The molecule has 28 heavy (non-hydrogen) atoms. The van der Waals surface area contributed by atoms with Gasteiger partial charge in [0.15, 0.2) is 11.5 Å². The zero-order valence-electron chi connectivity index (χ0n) is 16.8. The largest absolute Gasteiger partial charge is 0.490 e. The summed E-state index contributed by atoms with van der Waals surface area (Å²) in [6, 6.07) is 2.29. The van der Waals surface area contributed by atoms with Crippen molar-refractivity contribution >= 4 is 23.6 Å². The van der Waals surface area contributed by atoms with Gasteiger partial charge >= 0.3 is 12.0 Å². The van der Waals surface area contributed by atoms with Crippen LogP contribution in [0.2, 0.25) is 5.02 Å². The molecule has 7 nitrogen and oxygen atoms in total. The molecule has 1 unspecified atom stereocenters. The van der Waals surface area contributed by atoms with E-state index in [1.165, 1.54) is 0 Å². The van der Waals surface area contributed by atoms with Crippen LogP contribution in [-0.2, 0) is 9.53 Å². The third-order valence-corrected chi connectivity index (χ3v) is 4.30. The third kappa shape index (κ3) is 4.90. The molecule has 1 atom stereocenters. The fourth-order valence-electron chi connectivity index (χ4n) is 2.96. The minimum atomic E-state index is -0.715. The predicted molar refractivity (Wildman–Crippen MR) is 107 cm³/mol. The molecule has 0 aromatic heterocycles. The van der Waals surface area contributed by atoms with Crippen LogP contribution in [0.15, 0.2) is 23.4 Å². The molecule has 2 rings (SSSR count). The molecule has 0 saturated carbocycles. The second-order valence-electron chi connectivity index (χ2n) is 6.43. The number of hydrogen-bond donors (Lipinski definition) is 2. The number of rotatable bonds is 8. The van der Waals surface area contributed by atoms with Crippen LogP contribution in [0.25, 0.3) is 0 Å². The molecule has 0 radical (unpaired) electrons. The number of carbonyl (C=O) groups excluding carboxylic acids is 2. The Bertz CT molecular complexity index is 776. The Hall–Kier alpha value is -2.41. The van der Waals surface area contributed by atoms with Crippen molar-refractivity contribution in [1.82, 2.24) is 10.6 Å². The van der Waals surface area contributed by atoms with Gasteiger partial charge in [-0.3, -0.25) is 0 Å². The van der Waals surface area contributed by atoms with Gasteiger partial charge in [0.2, 0.25) is 0 Å². The SMILES string of the molecule is CCOC(=O)C1=C(CC)NC(=O)NC1c1cc(Cl)c(OC(C)C)c(OCC)c1. The number of carbonyl (C=O) groups is 2. The quantitative estimate of drug-likeness (QED) is 0.630. The van der Waals surface area contributed by atoms with Crippen LogP contribution < -0.4 is 20.1 Å². The van der Waals surface area contributed by atoms with Crippen LogP contribution in [0.3, 0.4) is 0 Å². The van der Waals surface area contributed by atoms with Gasteiger partial charge < -0.3 is 24.8 Å². The van der Waals surface area contributed by atoms with E-state index < -0.39 is 18.0 Å². The molecule has 1 aromatic carbocycles. The van der Waals surface area contributed by atoms with E-state index in [4.69, 9.17) is 25.8 Å². The average Bonchev–Trinajstić information content (AvgIpc) is 2.63. The molecule has 2 N–H and O–H groups in total. The normalized spacial score (nSPS) is 16.5. The van der Waals surface area contributed by atoms with Crippen molar-refractivity contribution in [2.45, 2.75) is 53.2 Å². The maximum absolute atomic E-state index is 12.6. The van der Waals surface area contributed by atoms with Gasteiger partial charge in [0.1, 0.15) is 0 Å². The fourth-order valence-corrected chi connectivity index (χ4v) is 3.23. The lowest BCUT2D eigenvalue weighted by Gasteiger charge is -2.29. The summed E-state index contributed by atoms with van der Waals surface area (Å²) in [6.45, 7) is 9.86. The van der Waals surface area contributed by atoms with Crippen LogP contribution in [-0.4, -0.2) is 31.3 Å². The minimum Gasteiger partial charge on any atom is -0.490 e. The van der Waals surface area contributed by atoms with Crippen LogP contribution >= 0.6 is 11.6 Å². The standard InChI is InChI=1S/C20H27ClN2O5/c1-6-14-16(19(24)27-8-3)17(23-20(25)22-14)12-9-13(21)18(28-11(4)5)15(10-12)26-7-2/h9-11,17H,6-8H2,1-5H3,(H2,22,23,25). The molecule has 0 saturated heterocycles. The summed E-state index contributed by atoms with van der Waals surface area (Å²) in [7, 11) is 0. The van der Waals surface area contributed by atoms with Gasteiger partial charge in [0.05, 0.1) is 36.0 Å². The lowest BCUT2D eigenvalue weighted by atomic mass is 9.94. The number of amides is 2. The molecule has 2 amide bonds. The van der Waals surface area contributed by atoms with Gasteiger partial charge in [-0.15, -0.1) is 0 Å². The molecule has 8 heteroatoms. The first-order chi connectivity index (χ1) is 13.3. The van der Waals surface area contributed by atoms with E-state index >= 15 is 0 Å². The Morgan fingerprint density at radius 2 is 1.93 bits per heavy atom. The van der Waals surface area contributed by atoms with Gasteiger partial charge in [0, 0.05) is 5.70 Å². The Labute approximate surface area is 170 Å². The Kier molecular flexibility index (Phi) is 7.57. The van der Waals surface area contributed by atoms with Gasteiger partial charge in [-0.05, 0) is 51.8 Å². The number of hydrogen-bond acceptors (Lipinski definition) is 5. The van der Waals surface area contributed by atoms with Crippen molar-refractivity contribution < 1.29 is 23.8 Å². The number of nitrogens with one attached hydrogen (secondary N) is 2. The van der Waals surface area contributed by atoms with E-state index in [0.29, 0.717) is 46.4 Å². The molecule has 0 aliphatic carbocycles. The van der Waals surface area contributed by atoms with Gasteiger partial charge in [-0.25, -0.2) is 9.59 Å². The molecule has 1 heterocycles. The van der Waals surface area contributed by atoms with Crippen molar-refractivity contribution in [3.05, 3.63) is 34.0 Å². The highest BCUT2D eigenvalue weighted by Crippen LogP contribution is 2.41.